The van der Waals surface area contributed by atoms with Crippen LogP contribution in [0.5, 0.6) is 0 Å². The van der Waals surface area contributed by atoms with E-state index in [9.17, 15) is 15.0 Å². The Morgan fingerprint density at radius 2 is 1.95 bits per heavy atom. The molecule has 4 heteroatoms. The highest BCUT2D eigenvalue weighted by Crippen LogP contribution is 2.28. The molecular formula is C18H27NO3. The Morgan fingerprint density at radius 1 is 1.27 bits per heavy atom. The number of hydrogen-bond donors (Lipinski definition) is 2. The quantitative estimate of drug-likeness (QED) is 0.849. The Bertz CT molecular complexity index is 474. The van der Waals surface area contributed by atoms with Crippen molar-refractivity contribution in [1.82, 2.24) is 4.90 Å². The molecule has 3 unspecified atom stereocenters. The SMILES string of the molecule is CC(C)C(O)CC(=O)N1CCCC1CC(O)c1ccccc1. The largest absolute Gasteiger partial charge is 0.392 e. The summed E-state index contributed by atoms with van der Waals surface area (Å²) in [5, 5.41) is 20.3. The van der Waals surface area contributed by atoms with Crippen LogP contribution >= 0.6 is 0 Å². The first kappa shape index (κ1) is 17.0. The third-order valence-electron chi connectivity index (χ3n) is 4.53. The highest BCUT2D eigenvalue weighted by molar-refractivity contribution is 5.77. The molecule has 1 amide bonds. The molecule has 1 aliphatic rings. The third kappa shape index (κ3) is 4.31. The van der Waals surface area contributed by atoms with Gasteiger partial charge >= 0.3 is 0 Å². The highest BCUT2D eigenvalue weighted by Gasteiger charge is 2.31. The van der Waals surface area contributed by atoms with Gasteiger partial charge in [-0.1, -0.05) is 44.2 Å². The number of aliphatic hydroxyl groups is 2. The van der Waals surface area contributed by atoms with Crippen LogP contribution < -0.4 is 0 Å². The van der Waals surface area contributed by atoms with Crippen molar-refractivity contribution in [1.29, 1.82) is 0 Å². The van der Waals surface area contributed by atoms with Gasteiger partial charge in [-0.25, -0.2) is 0 Å². The van der Waals surface area contributed by atoms with Crippen molar-refractivity contribution < 1.29 is 15.0 Å². The number of benzene rings is 1. The minimum atomic E-state index is -0.590. The molecule has 1 fully saturated rings. The van der Waals surface area contributed by atoms with Crippen molar-refractivity contribution >= 4 is 5.91 Å². The van der Waals surface area contributed by atoms with E-state index in [1.165, 1.54) is 0 Å². The lowest BCUT2D eigenvalue weighted by molar-refractivity contribution is -0.135. The monoisotopic (exact) mass is 305 g/mol. The molecule has 1 aromatic carbocycles. The average molecular weight is 305 g/mol. The topological polar surface area (TPSA) is 60.8 Å². The second-order valence-corrected chi connectivity index (χ2v) is 6.56. The zero-order valence-corrected chi connectivity index (χ0v) is 13.5. The molecule has 22 heavy (non-hydrogen) atoms. The zero-order valence-electron chi connectivity index (χ0n) is 13.5. The number of rotatable bonds is 6. The number of aliphatic hydroxyl groups excluding tert-OH is 2. The summed E-state index contributed by atoms with van der Waals surface area (Å²) in [6.45, 7) is 4.56. The molecule has 122 valence electrons. The van der Waals surface area contributed by atoms with E-state index in [0.717, 1.165) is 24.9 Å². The second kappa shape index (κ2) is 7.75. The van der Waals surface area contributed by atoms with E-state index >= 15 is 0 Å². The van der Waals surface area contributed by atoms with E-state index in [4.69, 9.17) is 0 Å². The Morgan fingerprint density at radius 3 is 2.59 bits per heavy atom. The molecule has 0 spiro atoms. The molecule has 3 atom stereocenters. The summed E-state index contributed by atoms with van der Waals surface area (Å²) in [7, 11) is 0. The van der Waals surface area contributed by atoms with Gasteiger partial charge in [0.1, 0.15) is 0 Å². The van der Waals surface area contributed by atoms with E-state index < -0.39 is 12.2 Å². The summed E-state index contributed by atoms with van der Waals surface area (Å²) in [5.74, 6) is 0.0869. The maximum absolute atomic E-state index is 12.4. The number of carbonyl (C=O) groups is 1. The Labute approximate surface area is 132 Å². The summed E-state index contributed by atoms with van der Waals surface area (Å²) in [4.78, 5) is 14.2. The van der Waals surface area contributed by atoms with Gasteiger partial charge in [-0.2, -0.15) is 0 Å². The van der Waals surface area contributed by atoms with Gasteiger partial charge in [0.05, 0.1) is 18.6 Å². The Hall–Kier alpha value is -1.39. The fraction of sp³-hybridized carbons (Fsp3) is 0.611. The summed E-state index contributed by atoms with van der Waals surface area (Å²) in [6, 6.07) is 9.64. The molecule has 0 bridgehead atoms. The van der Waals surface area contributed by atoms with E-state index in [1.807, 2.05) is 49.1 Å². The fourth-order valence-corrected chi connectivity index (χ4v) is 3.01. The summed E-state index contributed by atoms with van der Waals surface area (Å²) in [5.41, 5.74) is 0.893. The highest BCUT2D eigenvalue weighted by atomic mass is 16.3. The van der Waals surface area contributed by atoms with Gasteiger partial charge < -0.3 is 15.1 Å². The van der Waals surface area contributed by atoms with E-state index in [-0.39, 0.29) is 24.3 Å². The maximum atomic E-state index is 12.4. The maximum Gasteiger partial charge on any atom is 0.225 e. The average Bonchev–Trinajstić information content (AvgIpc) is 2.96. The molecule has 1 heterocycles. The van der Waals surface area contributed by atoms with Crippen LogP contribution in [0.25, 0.3) is 0 Å². The van der Waals surface area contributed by atoms with Gasteiger partial charge in [-0.05, 0) is 30.7 Å². The van der Waals surface area contributed by atoms with Crippen LogP contribution in [-0.4, -0.2) is 39.7 Å². The third-order valence-corrected chi connectivity index (χ3v) is 4.53. The van der Waals surface area contributed by atoms with Gasteiger partial charge in [0.15, 0.2) is 0 Å². The predicted molar refractivity (Wildman–Crippen MR) is 86.2 cm³/mol. The molecule has 0 radical (unpaired) electrons. The van der Waals surface area contributed by atoms with E-state index in [1.54, 1.807) is 0 Å². The van der Waals surface area contributed by atoms with Crippen LogP contribution in [-0.2, 0) is 4.79 Å². The van der Waals surface area contributed by atoms with Crippen LogP contribution in [0.2, 0.25) is 0 Å². The smallest absolute Gasteiger partial charge is 0.225 e. The first-order chi connectivity index (χ1) is 10.5. The van der Waals surface area contributed by atoms with Crippen molar-refractivity contribution in [2.24, 2.45) is 5.92 Å². The number of likely N-dealkylation sites (tertiary alicyclic amines) is 1. The van der Waals surface area contributed by atoms with Gasteiger partial charge in [0, 0.05) is 12.6 Å². The van der Waals surface area contributed by atoms with Crippen LogP contribution in [0.1, 0.15) is 51.2 Å². The molecule has 0 aliphatic carbocycles. The minimum Gasteiger partial charge on any atom is -0.392 e. The Balaban J connectivity index is 1.94. The van der Waals surface area contributed by atoms with Crippen LogP contribution in [0, 0.1) is 5.92 Å². The molecule has 0 aromatic heterocycles. The fourth-order valence-electron chi connectivity index (χ4n) is 3.01. The zero-order chi connectivity index (χ0) is 16.1. The van der Waals surface area contributed by atoms with Gasteiger partial charge in [-0.3, -0.25) is 4.79 Å². The molecule has 1 saturated heterocycles. The minimum absolute atomic E-state index is 0.00367. The number of hydrogen-bond acceptors (Lipinski definition) is 3. The molecule has 2 rings (SSSR count). The Kier molecular flexibility index (Phi) is 5.98. The number of amides is 1. The van der Waals surface area contributed by atoms with Gasteiger partial charge in [-0.15, -0.1) is 0 Å². The molecule has 1 aromatic rings. The van der Waals surface area contributed by atoms with Gasteiger partial charge in [0.25, 0.3) is 0 Å². The van der Waals surface area contributed by atoms with Crippen molar-refractivity contribution in [2.45, 2.75) is 57.8 Å². The lowest BCUT2D eigenvalue weighted by Gasteiger charge is -2.28. The molecular weight excluding hydrogens is 278 g/mol. The van der Waals surface area contributed by atoms with Crippen LogP contribution in [0.4, 0.5) is 0 Å². The molecule has 0 saturated carbocycles. The molecule has 4 nitrogen and oxygen atoms in total. The first-order valence-corrected chi connectivity index (χ1v) is 8.19. The summed E-state index contributed by atoms with van der Waals surface area (Å²) >= 11 is 0. The first-order valence-electron chi connectivity index (χ1n) is 8.19. The van der Waals surface area contributed by atoms with Crippen LogP contribution in [0.15, 0.2) is 30.3 Å². The second-order valence-electron chi connectivity index (χ2n) is 6.56. The van der Waals surface area contributed by atoms with Crippen molar-refractivity contribution in [3.05, 3.63) is 35.9 Å². The lowest BCUT2D eigenvalue weighted by Crippen LogP contribution is -2.38. The van der Waals surface area contributed by atoms with Crippen molar-refractivity contribution in [3.63, 3.8) is 0 Å². The normalized spacial score (nSPS) is 21.1. The van der Waals surface area contributed by atoms with Gasteiger partial charge in [0.2, 0.25) is 5.91 Å². The molecule has 2 N–H and O–H groups in total. The standard InChI is InChI=1S/C18H27NO3/c1-13(2)16(20)12-18(22)19-10-6-9-15(19)11-17(21)14-7-4-3-5-8-14/h3-5,7-8,13,15-17,20-21H,6,9-12H2,1-2H3. The number of carbonyl (C=O) groups excluding carboxylic acids is 1. The van der Waals surface area contributed by atoms with E-state index in [2.05, 4.69) is 0 Å². The number of nitrogens with zero attached hydrogens (tertiary/aromatic N) is 1. The van der Waals surface area contributed by atoms with Crippen molar-refractivity contribution in [2.75, 3.05) is 6.54 Å². The summed E-state index contributed by atoms with van der Waals surface area (Å²) < 4.78 is 0. The molecule has 1 aliphatic heterocycles. The lowest BCUT2D eigenvalue weighted by atomic mass is 9.99. The summed E-state index contributed by atoms with van der Waals surface area (Å²) in [6.07, 6.45) is 1.49. The van der Waals surface area contributed by atoms with Crippen molar-refractivity contribution in [3.8, 4) is 0 Å². The predicted octanol–water partition coefficient (Wildman–Crippen LogP) is 2.51. The van der Waals surface area contributed by atoms with Crippen LogP contribution in [0.3, 0.4) is 0 Å². The van der Waals surface area contributed by atoms with E-state index in [0.29, 0.717) is 6.42 Å².